The number of carboxylic acids is 1. The Morgan fingerprint density at radius 1 is 1.52 bits per heavy atom. The second kappa shape index (κ2) is 5.00. The Kier molecular flexibility index (Phi) is 3.29. The first kappa shape index (κ1) is 13.8. The minimum Gasteiger partial charge on any atom is -0.481 e. The predicted octanol–water partition coefficient (Wildman–Crippen LogP) is 2.34. The molecule has 3 rings (SSSR count). The summed E-state index contributed by atoms with van der Waals surface area (Å²) in [6.07, 6.45) is 2.01. The van der Waals surface area contributed by atoms with Crippen LogP contribution in [0.3, 0.4) is 0 Å². The molecule has 1 atom stereocenters. The molecule has 7 heteroatoms. The van der Waals surface area contributed by atoms with Crippen LogP contribution in [-0.2, 0) is 4.79 Å². The Bertz CT molecular complexity index is 679. The van der Waals surface area contributed by atoms with Crippen LogP contribution in [0.2, 0.25) is 0 Å². The highest BCUT2D eigenvalue weighted by atomic mass is 32.1. The number of hydrogen-bond acceptors (Lipinski definition) is 5. The third-order valence-corrected chi connectivity index (χ3v) is 4.59. The summed E-state index contributed by atoms with van der Waals surface area (Å²) in [4.78, 5) is 29.4. The van der Waals surface area contributed by atoms with Gasteiger partial charge in [-0.3, -0.25) is 9.59 Å². The molecule has 1 N–H and O–H groups in total. The lowest BCUT2D eigenvalue weighted by Gasteiger charge is -2.19. The Morgan fingerprint density at radius 2 is 2.33 bits per heavy atom. The standard InChI is InChI=1S/C14H14N2O4S/c1-14(13(18)19)4-5-16(8-14)12(17)9-7-21-11(15-9)10-3-2-6-20-10/h2-3,6-7H,4-5,8H2,1H3,(H,18,19). The molecule has 1 aliphatic rings. The van der Waals surface area contributed by atoms with Crippen molar-refractivity contribution >= 4 is 23.2 Å². The van der Waals surface area contributed by atoms with Gasteiger partial charge in [0.2, 0.25) is 0 Å². The van der Waals surface area contributed by atoms with Gasteiger partial charge in [-0.05, 0) is 25.5 Å². The van der Waals surface area contributed by atoms with Crippen molar-refractivity contribution in [1.82, 2.24) is 9.88 Å². The normalized spacial score (nSPS) is 21.7. The van der Waals surface area contributed by atoms with Gasteiger partial charge in [0.25, 0.3) is 5.91 Å². The number of amides is 1. The minimum absolute atomic E-state index is 0.217. The van der Waals surface area contributed by atoms with Gasteiger partial charge < -0.3 is 14.4 Å². The predicted molar refractivity (Wildman–Crippen MR) is 76.1 cm³/mol. The molecule has 1 unspecified atom stereocenters. The molecular formula is C14H14N2O4S. The molecule has 21 heavy (non-hydrogen) atoms. The summed E-state index contributed by atoms with van der Waals surface area (Å²) in [5, 5.41) is 11.5. The molecule has 110 valence electrons. The molecule has 1 saturated heterocycles. The topological polar surface area (TPSA) is 83.6 Å². The fraction of sp³-hybridized carbons (Fsp3) is 0.357. The maximum absolute atomic E-state index is 12.4. The number of furan rings is 1. The molecule has 1 amide bonds. The number of aromatic nitrogens is 1. The summed E-state index contributed by atoms with van der Waals surface area (Å²) in [6.45, 7) is 2.32. The first-order valence-electron chi connectivity index (χ1n) is 6.52. The summed E-state index contributed by atoms with van der Waals surface area (Å²) >= 11 is 1.33. The molecule has 1 aliphatic heterocycles. The third-order valence-electron chi connectivity index (χ3n) is 3.73. The van der Waals surface area contributed by atoms with Crippen LogP contribution in [-0.4, -0.2) is 40.0 Å². The van der Waals surface area contributed by atoms with Gasteiger partial charge in [0.1, 0.15) is 5.69 Å². The van der Waals surface area contributed by atoms with Crippen LogP contribution in [0.1, 0.15) is 23.8 Å². The molecule has 2 aromatic heterocycles. The van der Waals surface area contributed by atoms with Gasteiger partial charge in [-0.1, -0.05) is 0 Å². The molecule has 1 fully saturated rings. The average Bonchev–Trinajstić information content (AvgIpc) is 3.18. The lowest BCUT2D eigenvalue weighted by atomic mass is 9.90. The van der Waals surface area contributed by atoms with E-state index in [0.29, 0.717) is 29.4 Å². The summed E-state index contributed by atoms with van der Waals surface area (Å²) in [5.74, 6) is -0.475. The summed E-state index contributed by atoms with van der Waals surface area (Å²) in [6, 6.07) is 3.54. The largest absolute Gasteiger partial charge is 0.481 e. The Hall–Kier alpha value is -2.15. The van der Waals surface area contributed by atoms with Crippen LogP contribution < -0.4 is 0 Å². The van der Waals surface area contributed by atoms with Crippen molar-refractivity contribution in [2.45, 2.75) is 13.3 Å². The quantitative estimate of drug-likeness (QED) is 0.941. The van der Waals surface area contributed by atoms with Crippen molar-refractivity contribution in [3.05, 3.63) is 29.5 Å². The SMILES string of the molecule is CC1(C(=O)O)CCN(C(=O)c2csc(-c3ccco3)n2)C1. The number of rotatable bonds is 3. The van der Waals surface area contributed by atoms with Gasteiger partial charge >= 0.3 is 5.97 Å². The van der Waals surface area contributed by atoms with E-state index >= 15 is 0 Å². The number of likely N-dealkylation sites (tertiary alicyclic amines) is 1. The Morgan fingerprint density at radius 3 is 2.95 bits per heavy atom. The zero-order chi connectivity index (χ0) is 15.0. The van der Waals surface area contributed by atoms with Crippen LogP contribution in [0.25, 0.3) is 10.8 Å². The fourth-order valence-corrected chi connectivity index (χ4v) is 3.12. The molecule has 6 nitrogen and oxygen atoms in total. The molecule has 0 bridgehead atoms. The van der Waals surface area contributed by atoms with Crippen LogP contribution in [0.5, 0.6) is 0 Å². The highest BCUT2D eigenvalue weighted by Gasteiger charge is 2.42. The Labute approximate surface area is 125 Å². The summed E-state index contributed by atoms with van der Waals surface area (Å²) in [7, 11) is 0. The molecular weight excluding hydrogens is 292 g/mol. The average molecular weight is 306 g/mol. The van der Waals surface area contributed by atoms with Crippen molar-refractivity contribution < 1.29 is 19.1 Å². The van der Waals surface area contributed by atoms with E-state index in [0.717, 1.165) is 0 Å². The molecule has 3 heterocycles. The molecule has 0 radical (unpaired) electrons. The van der Waals surface area contributed by atoms with Gasteiger partial charge in [0, 0.05) is 18.5 Å². The van der Waals surface area contributed by atoms with Crippen LogP contribution in [0.4, 0.5) is 0 Å². The van der Waals surface area contributed by atoms with E-state index in [1.807, 2.05) is 0 Å². The second-order valence-corrected chi connectivity index (χ2v) is 6.22. The number of carbonyl (C=O) groups excluding carboxylic acids is 1. The molecule has 0 spiro atoms. The molecule has 0 aliphatic carbocycles. The molecule has 2 aromatic rings. The number of nitrogens with zero attached hydrogens (tertiary/aromatic N) is 2. The van der Waals surface area contributed by atoms with E-state index < -0.39 is 11.4 Å². The fourth-order valence-electron chi connectivity index (χ4n) is 2.36. The number of thiazole rings is 1. The van der Waals surface area contributed by atoms with Crippen LogP contribution in [0.15, 0.2) is 28.2 Å². The lowest BCUT2D eigenvalue weighted by molar-refractivity contribution is -0.147. The van der Waals surface area contributed by atoms with Crippen LogP contribution >= 0.6 is 11.3 Å². The first-order chi connectivity index (χ1) is 9.99. The number of carbonyl (C=O) groups is 2. The van der Waals surface area contributed by atoms with Gasteiger partial charge in [0.15, 0.2) is 10.8 Å². The van der Waals surface area contributed by atoms with Gasteiger partial charge in [-0.25, -0.2) is 4.98 Å². The van der Waals surface area contributed by atoms with Crippen molar-refractivity contribution in [3.8, 4) is 10.8 Å². The van der Waals surface area contributed by atoms with E-state index in [1.165, 1.54) is 11.3 Å². The summed E-state index contributed by atoms with van der Waals surface area (Å²) < 4.78 is 5.25. The smallest absolute Gasteiger partial charge is 0.311 e. The highest BCUT2D eigenvalue weighted by molar-refractivity contribution is 7.13. The minimum atomic E-state index is -0.868. The zero-order valence-corrected chi connectivity index (χ0v) is 12.2. The van der Waals surface area contributed by atoms with E-state index in [-0.39, 0.29) is 12.5 Å². The molecule has 0 aromatic carbocycles. The van der Waals surface area contributed by atoms with E-state index in [1.54, 1.807) is 35.6 Å². The van der Waals surface area contributed by atoms with Crippen LogP contribution in [0, 0.1) is 5.41 Å². The van der Waals surface area contributed by atoms with Crippen molar-refractivity contribution in [2.24, 2.45) is 5.41 Å². The third kappa shape index (κ3) is 2.44. The second-order valence-electron chi connectivity index (χ2n) is 5.36. The van der Waals surface area contributed by atoms with E-state index in [2.05, 4.69) is 4.98 Å². The van der Waals surface area contributed by atoms with Crippen molar-refractivity contribution in [3.63, 3.8) is 0 Å². The van der Waals surface area contributed by atoms with E-state index in [9.17, 15) is 14.7 Å². The van der Waals surface area contributed by atoms with Crippen molar-refractivity contribution in [1.29, 1.82) is 0 Å². The number of carboxylic acid groups (broad SMARTS) is 1. The van der Waals surface area contributed by atoms with Gasteiger partial charge in [-0.15, -0.1) is 11.3 Å². The monoisotopic (exact) mass is 306 g/mol. The molecule has 0 saturated carbocycles. The maximum atomic E-state index is 12.4. The first-order valence-corrected chi connectivity index (χ1v) is 7.40. The summed E-state index contributed by atoms with van der Waals surface area (Å²) in [5.41, 5.74) is -0.531. The Balaban J connectivity index is 1.76. The van der Waals surface area contributed by atoms with Gasteiger partial charge in [0.05, 0.1) is 11.7 Å². The number of hydrogen-bond donors (Lipinski definition) is 1. The van der Waals surface area contributed by atoms with Crippen molar-refractivity contribution in [2.75, 3.05) is 13.1 Å². The van der Waals surface area contributed by atoms with Gasteiger partial charge in [-0.2, -0.15) is 0 Å². The lowest BCUT2D eigenvalue weighted by Crippen LogP contribution is -2.35. The zero-order valence-electron chi connectivity index (χ0n) is 11.4. The maximum Gasteiger partial charge on any atom is 0.311 e. The highest BCUT2D eigenvalue weighted by Crippen LogP contribution is 2.32. The number of aliphatic carboxylic acids is 1. The van der Waals surface area contributed by atoms with E-state index in [4.69, 9.17) is 4.42 Å².